The van der Waals surface area contributed by atoms with Crippen LogP contribution in [0.1, 0.15) is 18.6 Å². The van der Waals surface area contributed by atoms with Gasteiger partial charge in [-0.25, -0.2) is 0 Å². The maximum absolute atomic E-state index is 12.5. The molecule has 1 heterocycles. The third kappa shape index (κ3) is 2.54. The summed E-state index contributed by atoms with van der Waals surface area (Å²) in [6, 6.07) is 9.96. The molecule has 1 aliphatic heterocycles. The summed E-state index contributed by atoms with van der Waals surface area (Å²) in [5.74, 6) is 0.0534. The van der Waals surface area contributed by atoms with E-state index in [1.165, 1.54) is 0 Å². The number of nitrogens with zero attached hydrogens (tertiary/aromatic N) is 1. The Kier molecular flexibility index (Phi) is 4.33. The fraction of sp³-hybridized carbons (Fsp3) is 0.500. The molecular formula is C14H20N2O2. The van der Waals surface area contributed by atoms with Crippen molar-refractivity contribution in [3.8, 4) is 0 Å². The predicted octanol–water partition coefficient (Wildman–Crippen LogP) is 1.19. The third-order valence-corrected chi connectivity index (χ3v) is 3.39. The SMILES string of the molecule is CCN(C(=O)C(OC)c1ccccc1)C1CNC1. The van der Waals surface area contributed by atoms with Gasteiger partial charge in [0, 0.05) is 26.7 Å². The zero-order valence-corrected chi connectivity index (χ0v) is 10.9. The van der Waals surface area contributed by atoms with Gasteiger partial charge in [-0.1, -0.05) is 30.3 Å². The number of carbonyl (C=O) groups is 1. The van der Waals surface area contributed by atoms with Gasteiger partial charge in [0.1, 0.15) is 0 Å². The van der Waals surface area contributed by atoms with Crippen LogP contribution < -0.4 is 5.32 Å². The molecule has 1 aromatic carbocycles. The van der Waals surface area contributed by atoms with Crippen LogP contribution in [0.2, 0.25) is 0 Å². The van der Waals surface area contributed by atoms with Gasteiger partial charge in [-0.05, 0) is 12.5 Å². The number of rotatable bonds is 5. The lowest BCUT2D eigenvalue weighted by Crippen LogP contribution is -2.59. The average molecular weight is 248 g/mol. The Morgan fingerprint density at radius 2 is 2.11 bits per heavy atom. The largest absolute Gasteiger partial charge is 0.367 e. The summed E-state index contributed by atoms with van der Waals surface area (Å²) in [4.78, 5) is 14.4. The molecule has 1 N–H and O–H groups in total. The van der Waals surface area contributed by atoms with Crippen molar-refractivity contribution in [1.82, 2.24) is 10.2 Å². The first-order valence-corrected chi connectivity index (χ1v) is 6.36. The molecule has 1 aliphatic rings. The summed E-state index contributed by atoms with van der Waals surface area (Å²) in [7, 11) is 1.59. The minimum atomic E-state index is -0.494. The highest BCUT2D eigenvalue weighted by Gasteiger charge is 2.32. The number of carbonyl (C=O) groups excluding carboxylic acids is 1. The molecule has 0 radical (unpaired) electrons. The number of methoxy groups -OCH3 is 1. The Bertz CT molecular complexity index is 390. The van der Waals surface area contributed by atoms with E-state index >= 15 is 0 Å². The number of likely N-dealkylation sites (N-methyl/N-ethyl adjacent to an activating group) is 1. The zero-order chi connectivity index (χ0) is 13.0. The summed E-state index contributed by atoms with van der Waals surface area (Å²) in [5.41, 5.74) is 0.913. The number of amides is 1. The van der Waals surface area contributed by atoms with Gasteiger partial charge in [0.15, 0.2) is 6.10 Å². The highest BCUT2D eigenvalue weighted by molar-refractivity contribution is 5.82. The molecule has 0 aromatic heterocycles. The lowest BCUT2D eigenvalue weighted by atomic mass is 10.1. The van der Waals surface area contributed by atoms with Crippen LogP contribution in [0.4, 0.5) is 0 Å². The number of hydrogen-bond acceptors (Lipinski definition) is 3. The van der Waals surface area contributed by atoms with Crippen LogP contribution in [0.3, 0.4) is 0 Å². The smallest absolute Gasteiger partial charge is 0.256 e. The van der Waals surface area contributed by atoms with Crippen LogP contribution in [0.25, 0.3) is 0 Å². The molecule has 1 unspecified atom stereocenters. The third-order valence-electron chi connectivity index (χ3n) is 3.39. The topological polar surface area (TPSA) is 41.6 Å². The van der Waals surface area contributed by atoms with Crippen LogP contribution in [-0.4, -0.2) is 43.6 Å². The van der Waals surface area contributed by atoms with Gasteiger partial charge in [0.2, 0.25) is 0 Å². The molecule has 98 valence electrons. The second kappa shape index (κ2) is 5.98. The molecule has 0 aliphatic carbocycles. The first kappa shape index (κ1) is 13.1. The Morgan fingerprint density at radius 3 is 2.56 bits per heavy atom. The lowest BCUT2D eigenvalue weighted by molar-refractivity contribution is -0.145. The minimum Gasteiger partial charge on any atom is -0.367 e. The summed E-state index contributed by atoms with van der Waals surface area (Å²) in [6.45, 7) is 4.49. The van der Waals surface area contributed by atoms with E-state index in [1.807, 2.05) is 42.2 Å². The van der Waals surface area contributed by atoms with Gasteiger partial charge < -0.3 is 15.0 Å². The van der Waals surface area contributed by atoms with Gasteiger partial charge in [-0.3, -0.25) is 4.79 Å². The molecular weight excluding hydrogens is 228 g/mol. The van der Waals surface area contributed by atoms with Crippen molar-refractivity contribution < 1.29 is 9.53 Å². The first-order chi connectivity index (χ1) is 8.77. The Hall–Kier alpha value is -1.39. The Morgan fingerprint density at radius 1 is 1.44 bits per heavy atom. The average Bonchev–Trinajstić information content (AvgIpc) is 2.35. The molecule has 1 aromatic rings. The highest BCUT2D eigenvalue weighted by Crippen LogP contribution is 2.21. The van der Waals surface area contributed by atoms with E-state index in [9.17, 15) is 4.79 Å². The van der Waals surface area contributed by atoms with Gasteiger partial charge in [0.25, 0.3) is 5.91 Å². The molecule has 0 spiro atoms. The van der Waals surface area contributed by atoms with E-state index in [0.29, 0.717) is 6.04 Å². The maximum Gasteiger partial charge on any atom is 0.256 e. The van der Waals surface area contributed by atoms with Gasteiger partial charge >= 0.3 is 0 Å². The molecule has 4 heteroatoms. The molecule has 2 rings (SSSR count). The normalized spacial score (nSPS) is 17.0. The van der Waals surface area contributed by atoms with Crippen LogP contribution in [-0.2, 0) is 9.53 Å². The van der Waals surface area contributed by atoms with Crippen LogP contribution >= 0.6 is 0 Å². The predicted molar refractivity (Wildman–Crippen MR) is 70.2 cm³/mol. The minimum absolute atomic E-state index is 0.0534. The van der Waals surface area contributed by atoms with E-state index in [1.54, 1.807) is 7.11 Å². The van der Waals surface area contributed by atoms with Crippen molar-refractivity contribution in [2.75, 3.05) is 26.7 Å². The number of ether oxygens (including phenoxy) is 1. The zero-order valence-electron chi connectivity index (χ0n) is 10.9. The second-order valence-corrected chi connectivity index (χ2v) is 4.46. The first-order valence-electron chi connectivity index (χ1n) is 6.36. The molecule has 0 saturated carbocycles. The van der Waals surface area contributed by atoms with Crippen molar-refractivity contribution in [1.29, 1.82) is 0 Å². The fourth-order valence-electron chi connectivity index (χ4n) is 2.25. The molecule has 1 saturated heterocycles. The second-order valence-electron chi connectivity index (χ2n) is 4.46. The lowest BCUT2D eigenvalue weighted by Gasteiger charge is -2.39. The van der Waals surface area contributed by atoms with Crippen LogP contribution in [0.5, 0.6) is 0 Å². The molecule has 1 amide bonds. The maximum atomic E-state index is 12.5. The molecule has 4 nitrogen and oxygen atoms in total. The molecule has 0 bridgehead atoms. The standard InChI is InChI=1S/C14H20N2O2/c1-3-16(12-9-15-10-12)14(17)13(18-2)11-7-5-4-6-8-11/h4-8,12-13,15H,3,9-10H2,1-2H3. The number of nitrogens with one attached hydrogen (secondary N) is 1. The molecule has 1 atom stereocenters. The van der Waals surface area contributed by atoms with Crippen LogP contribution in [0, 0.1) is 0 Å². The number of hydrogen-bond donors (Lipinski definition) is 1. The summed E-state index contributed by atoms with van der Waals surface area (Å²) in [6.07, 6.45) is -0.494. The quantitative estimate of drug-likeness (QED) is 0.851. The van der Waals surface area contributed by atoms with E-state index in [0.717, 1.165) is 25.2 Å². The monoisotopic (exact) mass is 248 g/mol. The van der Waals surface area contributed by atoms with Gasteiger partial charge in [-0.15, -0.1) is 0 Å². The number of benzene rings is 1. The van der Waals surface area contributed by atoms with Gasteiger partial charge in [0.05, 0.1) is 6.04 Å². The summed E-state index contributed by atoms with van der Waals surface area (Å²) in [5, 5.41) is 3.19. The van der Waals surface area contributed by atoms with Gasteiger partial charge in [-0.2, -0.15) is 0 Å². The van der Waals surface area contributed by atoms with E-state index in [2.05, 4.69) is 5.32 Å². The Labute approximate surface area is 108 Å². The van der Waals surface area contributed by atoms with Crippen molar-refractivity contribution >= 4 is 5.91 Å². The van der Waals surface area contributed by atoms with E-state index in [4.69, 9.17) is 4.74 Å². The van der Waals surface area contributed by atoms with Crippen molar-refractivity contribution in [2.45, 2.75) is 19.1 Å². The molecule has 18 heavy (non-hydrogen) atoms. The van der Waals surface area contributed by atoms with Crippen molar-refractivity contribution in [3.05, 3.63) is 35.9 Å². The van der Waals surface area contributed by atoms with Crippen LogP contribution in [0.15, 0.2) is 30.3 Å². The van der Waals surface area contributed by atoms with E-state index in [-0.39, 0.29) is 5.91 Å². The van der Waals surface area contributed by atoms with E-state index < -0.39 is 6.10 Å². The fourth-order valence-corrected chi connectivity index (χ4v) is 2.25. The van der Waals surface area contributed by atoms with Crippen molar-refractivity contribution in [2.24, 2.45) is 0 Å². The summed E-state index contributed by atoms with van der Waals surface area (Å²) < 4.78 is 5.39. The Balaban J connectivity index is 2.13. The van der Waals surface area contributed by atoms with Crippen molar-refractivity contribution in [3.63, 3.8) is 0 Å². The summed E-state index contributed by atoms with van der Waals surface area (Å²) >= 11 is 0. The highest BCUT2D eigenvalue weighted by atomic mass is 16.5. The molecule has 1 fully saturated rings.